The number of aliphatic hydroxyl groups excluding tert-OH is 1. The topological polar surface area (TPSA) is 77.2 Å². The van der Waals surface area contributed by atoms with Crippen LogP contribution in [0.15, 0.2) is 72.8 Å². The molecule has 0 amide bonds. The van der Waals surface area contributed by atoms with Crippen molar-refractivity contribution in [3.63, 3.8) is 0 Å². The summed E-state index contributed by atoms with van der Waals surface area (Å²) in [7, 11) is 0. The molecule has 0 bridgehead atoms. The smallest absolute Gasteiger partial charge is 0.221 e. The Kier molecular flexibility index (Phi) is 8.63. The predicted octanol–water partition coefficient (Wildman–Crippen LogP) is 7.36. The first-order valence-electron chi connectivity index (χ1n) is 12.4. The highest BCUT2D eigenvalue weighted by Crippen LogP contribution is 2.24. The van der Waals surface area contributed by atoms with Gasteiger partial charge in [-0.25, -0.2) is 0 Å². The second-order valence-electron chi connectivity index (χ2n) is 10.5. The Morgan fingerprint density at radius 3 is 1.71 bits per heavy atom. The Labute approximate surface area is 210 Å². The number of benzene rings is 3. The molecule has 0 spiro atoms. The van der Waals surface area contributed by atoms with Crippen LogP contribution in [0.5, 0.6) is 0 Å². The second-order valence-corrected chi connectivity index (χ2v) is 10.5. The highest BCUT2D eigenvalue weighted by molar-refractivity contribution is 6.04. The van der Waals surface area contributed by atoms with Crippen molar-refractivity contribution in [3.05, 3.63) is 95.1 Å². The van der Waals surface area contributed by atoms with E-state index in [4.69, 9.17) is 15.6 Å². The molecule has 0 heterocycles. The fourth-order valence-electron chi connectivity index (χ4n) is 3.98. The molecule has 4 nitrogen and oxygen atoms in total. The molecule has 0 aliphatic rings. The summed E-state index contributed by atoms with van der Waals surface area (Å²) in [5, 5.41) is 26.8. The molecule has 0 aromatic heterocycles. The summed E-state index contributed by atoms with van der Waals surface area (Å²) in [6.45, 7) is 10.8. The lowest BCUT2D eigenvalue weighted by Crippen LogP contribution is -2.14. The van der Waals surface area contributed by atoms with E-state index in [1.165, 1.54) is 5.56 Å². The minimum Gasteiger partial charge on any atom is -0.421 e. The van der Waals surface area contributed by atoms with Crippen LogP contribution in [0.2, 0.25) is 0 Å². The van der Waals surface area contributed by atoms with E-state index in [-0.39, 0.29) is 23.3 Å². The lowest BCUT2D eigenvalue weighted by molar-refractivity contribution is 0.144. The zero-order valence-corrected chi connectivity index (χ0v) is 21.6. The Hall–Kier alpha value is -3.24. The third kappa shape index (κ3) is 7.37. The summed E-state index contributed by atoms with van der Waals surface area (Å²) in [5.41, 5.74) is 5.76. The number of nitrogens with one attached hydrogen (secondary N) is 2. The first-order valence-corrected chi connectivity index (χ1v) is 12.4. The zero-order chi connectivity index (χ0) is 25.6. The molecular formula is C31H38N2O2. The Morgan fingerprint density at radius 1 is 0.800 bits per heavy atom. The van der Waals surface area contributed by atoms with Gasteiger partial charge < -0.3 is 9.84 Å². The van der Waals surface area contributed by atoms with Crippen LogP contribution in [0, 0.1) is 16.7 Å². The molecule has 2 atom stereocenters. The maximum Gasteiger partial charge on any atom is 0.221 e. The summed E-state index contributed by atoms with van der Waals surface area (Å²) in [6, 6.07) is 23.6. The van der Waals surface area contributed by atoms with E-state index in [2.05, 4.69) is 58.9 Å². The van der Waals surface area contributed by atoms with Gasteiger partial charge in [0.25, 0.3) is 0 Å². The molecule has 3 rings (SSSR count). The molecule has 0 fully saturated rings. The van der Waals surface area contributed by atoms with Gasteiger partial charge in [-0.1, -0.05) is 89.6 Å². The molecule has 0 aliphatic heterocycles. The van der Waals surface area contributed by atoms with Crippen molar-refractivity contribution in [1.29, 1.82) is 10.8 Å². The molecule has 0 saturated carbocycles. The Bertz CT molecular complexity index is 1120. The SMILES string of the molecule is CCC(C)CC(O)Cc1ccc(-c2ccc(C(=N)OC(=N)c3ccc(C(C)(C)C)cc3)cc2)cc1. The van der Waals surface area contributed by atoms with Crippen molar-refractivity contribution in [2.75, 3.05) is 0 Å². The fourth-order valence-corrected chi connectivity index (χ4v) is 3.98. The van der Waals surface area contributed by atoms with E-state index in [1.807, 2.05) is 48.5 Å². The normalized spacial score (nSPS) is 13.2. The molecule has 3 N–H and O–H groups in total. The van der Waals surface area contributed by atoms with Gasteiger partial charge in [0, 0.05) is 11.1 Å². The summed E-state index contributed by atoms with van der Waals surface area (Å²) in [4.78, 5) is 0. The van der Waals surface area contributed by atoms with Gasteiger partial charge in [0.15, 0.2) is 0 Å². The van der Waals surface area contributed by atoms with E-state index >= 15 is 0 Å². The average molecular weight is 471 g/mol. The van der Waals surface area contributed by atoms with E-state index < -0.39 is 0 Å². The molecule has 0 saturated heterocycles. The molecule has 3 aromatic rings. The van der Waals surface area contributed by atoms with E-state index in [0.29, 0.717) is 23.5 Å². The quantitative estimate of drug-likeness (QED) is 0.238. The van der Waals surface area contributed by atoms with Crippen molar-refractivity contribution in [3.8, 4) is 11.1 Å². The van der Waals surface area contributed by atoms with E-state index in [9.17, 15) is 5.11 Å². The Morgan fingerprint density at radius 2 is 1.26 bits per heavy atom. The summed E-state index contributed by atoms with van der Waals surface area (Å²) >= 11 is 0. The average Bonchev–Trinajstić information content (AvgIpc) is 2.84. The molecule has 4 heteroatoms. The lowest BCUT2D eigenvalue weighted by Gasteiger charge is -2.19. The van der Waals surface area contributed by atoms with Gasteiger partial charge in [-0.2, -0.15) is 0 Å². The third-order valence-corrected chi connectivity index (χ3v) is 6.49. The summed E-state index contributed by atoms with van der Waals surface area (Å²) in [6.07, 6.45) is 2.27. The monoisotopic (exact) mass is 470 g/mol. The van der Waals surface area contributed by atoms with Gasteiger partial charge >= 0.3 is 0 Å². The molecule has 35 heavy (non-hydrogen) atoms. The van der Waals surface area contributed by atoms with Crippen LogP contribution in [0.25, 0.3) is 11.1 Å². The number of rotatable bonds is 8. The van der Waals surface area contributed by atoms with Gasteiger partial charge in [0.2, 0.25) is 11.8 Å². The first kappa shape index (κ1) is 26.4. The largest absolute Gasteiger partial charge is 0.421 e. The van der Waals surface area contributed by atoms with E-state index in [1.54, 1.807) is 0 Å². The molecule has 3 aromatic carbocycles. The second kappa shape index (κ2) is 11.5. The number of hydrogen-bond donors (Lipinski definition) is 3. The number of aliphatic hydroxyl groups is 1. The molecule has 0 radical (unpaired) electrons. The minimum atomic E-state index is -0.309. The molecule has 184 valence electrons. The van der Waals surface area contributed by atoms with Gasteiger partial charge in [-0.15, -0.1) is 0 Å². The van der Waals surface area contributed by atoms with Crippen LogP contribution in [0.3, 0.4) is 0 Å². The van der Waals surface area contributed by atoms with Crippen LogP contribution >= 0.6 is 0 Å². The van der Waals surface area contributed by atoms with Gasteiger partial charge in [0.05, 0.1) is 6.10 Å². The summed E-state index contributed by atoms with van der Waals surface area (Å²) < 4.78 is 5.52. The first-order chi connectivity index (χ1) is 16.6. The Balaban J connectivity index is 1.60. The van der Waals surface area contributed by atoms with Crippen molar-refractivity contribution in [2.24, 2.45) is 5.92 Å². The fraction of sp³-hybridized carbons (Fsp3) is 0.355. The summed E-state index contributed by atoms with van der Waals surface area (Å²) in [5.74, 6) is 0.445. The van der Waals surface area contributed by atoms with Gasteiger partial charge in [0.1, 0.15) is 0 Å². The number of hydrogen-bond acceptors (Lipinski definition) is 4. The van der Waals surface area contributed by atoms with Gasteiger partial charge in [-0.05, 0) is 70.7 Å². The molecule has 0 aliphatic carbocycles. The standard InChI is InChI=1S/C31H38N2O2/c1-6-21(2)19-28(34)20-22-7-9-23(10-8-22)24-11-13-25(14-12-24)29(32)35-30(33)26-15-17-27(18-16-26)31(3,4)5/h7-18,21,28,32-34H,6,19-20H2,1-5H3. The zero-order valence-electron chi connectivity index (χ0n) is 21.6. The maximum atomic E-state index is 10.3. The highest BCUT2D eigenvalue weighted by atomic mass is 16.5. The van der Waals surface area contributed by atoms with Crippen molar-refractivity contribution >= 4 is 11.8 Å². The molecule has 2 unspecified atom stereocenters. The maximum absolute atomic E-state index is 10.3. The van der Waals surface area contributed by atoms with Crippen LogP contribution in [0.4, 0.5) is 0 Å². The van der Waals surface area contributed by atoms with Crippen molar-refractivity contribution < 1.29 is 9.84 Å². The van der Waals surface area contributed by atoms with Crippen LogP contribution < -0.4 is 0 Å². The van der Waals surface area contributed by atoms with Crippen LogP contribution in [0.1, 0.15) is 69.7 Å². The third-order valence-electron chi connectivity index (χ3n) is 6.49. The molecular weight excluding hydrogens is 432 g/mol. The van der Waals surface area contributed by atoms with Crippen LogP contribution in [-0.2, 0) is 16.6 Å². The van der Waals surface area contributed by atoms with E-state index in [0.717, 1.165) is 29.5 Å². The van der Waals surface area contributed by atoms with Crippen LogP contribution in [-0.4, -0.2) is 23.0 Å². The highest BCUT2D eigenvalue weighted by Gasteiger charge is 2.15. The predicted molar refractivity (Wildman–Crippen MR) is 146 cm³/mol. The van der Waals surface area contributed by atoms with Crippen molar-refractivity contribution in [2.45, 2.75) is 65.4 Å². The number of ether oxygens (including phenoxy) is 1. The minimum absolute atomic E-state index is 0.0364. The lowest BCUT2D eigenvalue weighted by atomic mass is 9.87. The van der Waals surface area contributed by atoms with Gasteiger partial charge in [-0.3, -0.25) is 10.8 Å². The van der Waals surface area contributed by atoms with Crippen molar-refractivity contribution in [1.82, 2.24) is 0 Å².